The number of carbonyl (C=O) groups excluding carboxylic acids is 3. The van der Waals surface area contributed by atoms with Gasteiger partial charge in [-0.25, -0.2) is 12.8 Å². The van der Waals surface area contributed by atoms with E-state index in [9.17, 15) is 27.2 Å². The summed E-state index contributed by atoms with van der Waals surface area (Å²) in [6.07, 6.45) is 1.15. The van der Waals surface area contributed by atoms with E-state index in [4.69, 9.17) is 4.74 Å². The predicted molar refractivity (Wildman–Crippen MR) is 107 cm³/mol. The lowest BCUT2D eigenvalue weighted by atomic mass is 10.1. The Balaban J connectivity index is 1.82. The van der Waals surface area contributed by atoms with Crippen LogP contribution in [0.4, 0.5) is 4.39 Å². The van der Waals surface area contributed by atoms with Gasteiger partial charge in [0.1, 0.15) is 24.5 Å². The maximum Gasteiger partial charge on any atom is 0.249 e. The third-order valence-corrected chi connectivity index (χ3v) is 7.17. The number of benzene rings is 1. The van der Waals surface area contributed by atoms with Crippen LogP contribution < -0.4 is 10.6 Å². The smallest absolute Gasteiger partial charge is 0.249 e. The number of piperazine rings is 1. The maximum atomic E-state index is 13.2. The number of nitrogens with one attached hydrogen (secondary N) is 2. The van der Waals surface area contributed by atoms with Crippen LogP contribution in [0.2, 0.25) is 0 Å². The van der Waals surface area contributed by atoms with Crippen LogP contribution in [-0.4, -0.2) is 87.3 Å². The van der Waals surface area contributed by atoms with Crippen molar-refractivity contribution in [3.05, 3.63) is 30.1 Å². The minimum absolute atomic E-state index is 0.0302. The van der Waals surface area contributed by atoms with E-state index in [1.165, 1.54) is 12.0 Å². The summed E-state index contributed by atoms with van der Waals surface area (Å²) < 4.78 is 45.1. The van der Waals surface area contributed by atoms with Crippen LogP contribution in [-0.2, 0) is 29.1 Å². The topological polar surface area (TPSA) is 125 Å². The molecule has 0 aliphatic carbocycles. The monoisotopic (exact) mass is 456 g/mol. The molecule has 3 rings (SSSR count). The minimum Gasteiger partial charge on any atom is -0.375 e. The van der Waals surface area contributed by atoms with Gasteiger partial charge < -0.3 is 20.3 Å². The third-order valence-electron chi connectivity index (χ3n) is 5.29. The summed E-state index contributed by atoms with van der Waals surface area (Å²) in [5, 5.41) is 5.29. The second-order valence-electron chi connectivity index (χ2n) is 7.35. The standard InChI is InChI=1S/C19H25FN4O6S/c1-30-12-17(25)24-10-9-23(31(28,29)14-6-4-13(20)5-7-14)11-16(24)19(27)22-15-3-2-8-21-18(15)26/h4-7,15-16H,2-3,8-12H2,1H3,(H,21,26)(H,22,27)/t15-,16-/m0/s1. The van der Waals surface area contributed by atoms with Crippen LogP contribution in [0.1, 0.15) is 12.8 Å². The molecule has 0 bridgehead atoms. The quantitative estimate of drug-likeness (QED) is 0.570. The maximum absolute atomic E-state index is 13.2. The summed E-state index contributed by atoms with van der Waals surface area (Å²) in [5.74, 6) is -1.97. The number of hydrogen-bond acceptors (Lipinski definition) is 6. The zero-order valence-corrected chi connectivity index (χ0v) is 17.9. The fraction of sp³-hybridized carbons (Fsp3) is 0.526. The molecule has 2 heterocycles. The summed E-state index contributed by atoms with van der Waals surface area (Å²) >= 11 is 0. The lowest BCUT2D eigenvalue weighted by molar-refractivity contribution is -0.146. The summed E-state index contributed by atoms with van der Waals surface area (Å²) in [6.45, 7) is -0.106. The number of halogens is 1. The van der Waals surface area contributed by atoms with Gasteiger partial charge in [-0.3, -0.25) is 14.4 Å². The van der Waals surface area contributed by atoms with Gasteiger partial charge in [0.2, 0.25) is 27.7 Å². The lowest BCUT2D eigenvalue weighted by Gasteiger charge is -2.40. The molecule has 1 aromatic rings. The molecule has 170 valence electrons. The summed E-state index contributed by atoms with van der Waals surface area (Å²) in [4.78, 5) is 38.6. The van der Waals surface area contributed by atoms with Gasteiger partial charge in [-0.05, 0) is 37.1 Å². The Morgan fingerprint density at radius 2 is 1.97 bits per heavy atom. The average molecular weight is 456 g/mol. The molecule has 0 unspecified atom stereocenters. The van der Waals surface area contributed by atoms with E-state index in [0.29, 0.717) is 19.4 Å². The van der Waals surface area contributed by atoms with Crippen LogP contribution in [0.15, 0.2) is 29.2 Å². The van der Waals surface area contributed by atoms with Crippen LogP contribution >= 0.6 is 0 Å². The van der Waals surface area contributed by atoms with Gasteiger partial charge >= 0.3 is 0 Å². The largest absolute Gasteiger partial charge is 0.375 e. The minimum atomic E-state index is -4.01. The first kappa shape index (κ1) is 23.1. The van der Waals surface area contributed by atoms with Crippen molar-refractivity contribution in [2.75, 3.05) is 39.9 Å². The number of ether oxygens (including phenoxy) is 1. The molecule has 31 heavy (non-hydrogen) atoms. The van der Waals surface area contributed by atoms with Crippen LogP contribution in [0.3, 0.4) is 0 Å². The van der Waals surface area contributed by atoms with E-state index >= 15 is 0 Å². The van der Waals surface area contributed by atoms with Crippen molar-refractivity contribution in [1.82, 2.24) is 19.8 Å². The first-order valence-corrected chi connectivity index (χ1v) is 11.3. The number of hydrogen-bond donors (Lipinski definition) is 2. The molecule has 2 aliphatic rings. The second kappa shape index (κ2) is 9.71. The normalized spacial score (nSPS) is 22.6. The Kier molecular flexibility index (Phi) is 7.23. The van der Waals surface area contributed by atoms with Crippen molar-refractivity contribution in [3.63, 3.8) is 0 Å². The molecule has 2 atom stereocenters. The Labute approximate surface area is 179 Å². The number of carbonyl (C=O) groups is 3. The Hall–Kier alpha value is -2.57. The highest BCUT2D eigenvalue weighted by atomic mass is 32.2. The molecular formula is C19H25FN4O6S. The number of piperidine rings is 1. The zero-order chi connectivity index (χ0) is 22.6. The Morgan fingerprint density at radius 1 is 1.26 bits per heavy atom. The average Bonchev–Trinajstić information content (AvgIpc) is 2.75. The van der Waals surface area contributed by atoms with Crippen molar-refractivity contribution in [3.8, 4) is 0 Å². The van der Waals surface area contributed by atoms with Gasteiger partial charge in [-0.15, -0.1) is 0 Å². The molecule has 2 aliphatic heterocycles. The molecule has 2 N–H and O–H groups in total. The van der Waals surface area contributed by atoms with E-state index < -0.39 is 39.7 Å². The van der Waals surface area contributed by atoms with Crippen LogP contribution in [0, 0.1) is 5.82 Å². The summed E-state index contributed by atoms with van der Waals surface area (Å²) in [5.41, 5.74) is 0. The molecule has 0 radical (unpaired) electrons. The molecule has 2 fully saturated rings. The van der Waals surface area contributed by atoms with E-state index in [-0.39, 0.29) is 37.0 Å². The SMILES string of the molecule is COCC(=O)N1CCN(S(=O)(=O)c2ccc(F)cc2)C[C@H]1C(=O)N[C@H]1CCCNC1=O. The third kappa shape index (κ3) is 5.20. The number of nitrogens with zero attached hydrogens (tertiary/aromatic N) is 2. The Bertz CT molecular complexity index is 939. The van der Waals surface area contributed by atoms with Crippen molar-refractivity contribution < 1.29 is 31.9 Å². The van der Waals surface area contributed by atoms with Gasteiger partial charge in [-0.1, -0.05) is 0 Å². The summed E-state index contributed by atoms with van der Waals surface area (Å²) in [7, 11) is -2.67. The van der Waals surface area contributed by atoms with E-state index in [2.05, 4.69) is 10.6 Å². The fourth-order valence-corrected chi connectivity index (χ4v) is 5.08. The Morgan fingerprint density at radius 3 is 2.61 bits per heavy atom. The van der Waals surface area contributed by atoms with E-state index in [1.807, 2.05) is 0 Å². The first-order chi connectivity index (χ1) is 14.7. The van der Waals surface area contributed by atoms with Crippen molar-refractivity contribution in [2.45, 2.75) is 29.8 Å². The van der Waals surface area contributed by atoms with Gasteiger partial charge in [0.25, 0.3) is 0 Å². The highest BCUT2D eigenvalue weighted by Crippen LogP contribution is 2.21. The van der Waals surface area contributed by atoms with Crippen LogP contribution in [0.25, 0.3) is 0 Å². The molecule has 1 aromatic carbocycles. The number of sulfonamides is 1. The number of rotatable bonds is 6. The van der Waals surface area contributed by atoms with Gasteiger partial charge in [-0.2, -0.15) is 4.31 Å². The first-order valence-electron chi connectivity index (χ1n) is 9.86. The van der Waals surface area contributed by atoms with Crippen LogP contribution in [0.5, 0.6) is 0 Å². The van der Waals surface area contributed by atoms with E-state index in [1.54, 1.807) is 0 Å². The van der Waals surface area contributed by atoms with Crippen molar-refractivity contribution in [2.24, 2.45) is 0 Å². The number of amides is 3. The van der Waals surface area contributed by atoms with E-state index in [0.717, 1.165) is 28.6 Å². The van der Waals surface area contributed by atoms with Crippen molar-refractivity contribution >= 4 is 27.7 Å². The highest BCUT2D eigenvalue weighted by Gasteiger charge is 2.41. The molecule has 0 spiro atoms. The molecule has 12 heteroatoms. The number of methoxy groups -OCH3 is 1. The molecular weight excluding hydrogens is 431 g/mol. The van der Waals surface area contributed by atoms with Gasteiger partial charge in [0.15, 0.2) is 0 Å². The molecule has 3 amide bonds. The van der Waals surface area contributed by atoms with Gasteiger partial charge in [0.05, 0.1) is 4.90 Å². The zero-order valence-electron chi connectivity index (χ0n) is 17.0. The van der Waals surface area contributed by atoms with Gasteiger partial charge in [0, 0.05) is 33.3 Å². The predicted octanol–water partition coefficient (Wildman–Crippen LogP) is -0.932. The van der Waals surface area contributed by atoms with Crippen molar-refractivity contribution in [1.29, 1.82) is 0 Å². The molecule has 0 aromatic heterocycles. The lowest BCUT2D eigenvalue weighted by Crippen LogP contribution is -2.64. The highest BCUT2D eigenvalue weighted by molar-refractivity contribution is 7.89. The summed E-state index contributed by atoms with van der Waals surface area (Å²) in [6, 6.07) is 2.49. The fourth-order valence-electron chi connectivity index (χ4n) is 3.64. The molecule has 2 saturated heterocycles. The molecule has 10 nitrogen and oxygen atoms in total. The second-order valence-corrected chi connectivity index (χ2v) is 9.29. The molecule has 0 saturated carbocycles.